The van der Waals surface area contributed by atoms with Crippen LogP contribution in [-0.4, -0.2) is 46.0 Å². The van der Waals surface area contributed by atoms with Gasteiger partial charge in [0, 0.05) is 13.0 Å². The fourth-order valence-corrected chi connectivity index (χ4v) is 4.35. The van der Waals surface area contributed by atoms with Crippen molar-refractivity contribution in [3.8, 4) is 10.4 Å². The maximum absolute atomic E-state index is 12.7. The summed E-state index contributed by atoms with van der Waals surface area (Å²) in [7, 11) is 0. The van der Waals surface area contributed by atoms with Crippen LogP contribution in [0.25, 0.3) is 10.4 Å². The summed E-state index contributed by atoms with van der Waals surface area (Å²) in [6.45, 7) is 4.28. The van der Waals surface area contributed by atoms with Crippen molar-refractivity contribution in [3.05, 3.63) is 41.0 Å². The zero-order chi connectivity index (χ0) is 19.4. The molecule has 1 saturated heterocycles. The van der Waals surface area contributed by atoms with Crippen molar-refractivity contribution in [1.82, 2.24) is 15.2 Å². The molecule has 7 heteroatoms. The Kier molecular flexibility index (Phi) is 6.23. The van der Waals surface area contributed by atoms with E-state index < -0.39 is 12.1 Å². The summed E-state index contributed by atoms with van der Waals surface area (Å²) in [5.74, 6) is -0.209. The summed E-state index contributed by atoms with van der Waals surface area (Å²) in [4.78, 5) is 30.7. The molecule has 1 aromatic heterocycles. The Morgan fingerprint density at radius 3 is 2.78 bits per heavy atom. The quantitative estimate of drug-likeness (QED) is 0.716. The van der Waals surface area contributed by atoms with E-state index in [2.05, 4.69) is 29.4 Å². The number of thiazole rings is 1. The summed E-state index contributed by atoms with van der Waals surface area (Å²) < 4.78 is 0. The molecule has 27 heavy (non-hydrogen) atoms. The first-order valence-corrected chi connectivity index (χ1v) is 10.1. The smallest absolute Gasteiger partial charge is 0.243 e. The second kappa shape index (κ2) is 8.63. The van der Waals surface area contributed by atoms with Crippen molar-refractivity contribution >= 4 is 23.7 Å². The molecule has 2 heterocycles. The minimum atomic E-state index is -0.641. The zero-order valence-electron chi connectivity index (χ0n) is 15.6. The van der Waals surface area contributed by atoms with Gasteiger partial charge in [-0.1, -0.05) is 37.6 Å². The molecule has 6 nitrogen and oxygen atoms in total. The van der Waals surface area contributed by atoms with Crippen LogP contribution in [0, 0.1) is 6.92 Å². The van der Waals surface area contributed by atoms with E-state index in [0.717, 1.165) is 34.5 Å². The average molecular weight is 388 g/mol. The summed E-state index contributed by atoms with van der Waals surface area (Å²) in [5.41, 5.74) is 5.01. The summed E-state index contributed by atoms with van der Waals surface area (Å²) in [6, 6.07) is 7.47. The maximum Gasteiger partial charge on any atom is 0.243 e. The lowest BCUT2D eigenvalue weighted by molar-refractivity contribution is -0.131. The van der Waals surface area contributed by atoms with Gasteiger partial charge in [0.1, 0.15) is 6.04 Å². The number of nitrogens with zero attached hydrogens (tertiary/aromatic N) is 2. The average Bonchev–Trinajstić information content (AvgIpc) is 3.26. The minimum Gasteiger partial charge on any atom is -0.391 e. The second-order valence-electron chi connectivity index (χ2n) is 6.95. The third-order valence-corrected chi connectivity index (χ3v) is 5.95. The Bertz CT molecular complexity index is 790. The van der Waals surface area contributed by atoms with Crippen LogP contribution in [0.3, 0.4) is 0 Å². The van der Waals surface area contributed by atoms with Gasteiger partial charge in [0.15, 0.2) is 0 Å². The molecule has 0 saturated carbocycles. The van der Waals surface area contributed by atoms with Crippen molar-refractivity contribution in [1.29, 1.82) is 0 Å². The van der Waals surface area contributed by atoms with Gasteiger partial charge in [-0.25, -0.2) is 4.98 Å². The number of aromatic nitrogens is 1. The third kappa shape index (κ3) is 4.36. The Hall–Kier alpha value is -2.25. The number of hydrogen-bond acceptors (Lipinski definition) is 5. The molecular formula is C20H25N3O3S. The molecule has 0 radical (unpaired) electrons. The highest BCUT2D eigenvalue weighted by Crippen LogP contribution is 2.29. The lowest BCUT2D eigenvalue weighted by Crippen LogP contribution is -2.43. The summed E-state index contributed by atoms with van der Waals surface area (Å²) >= 11 is 1.61. The number of aryl methyl sites for hydroxylation is 1. The molecule has 1 fully saturated rings. The van der Waals surface area contributed by atoms with Gasteiger partial charge in [-0.3, -0.25) is 9.59 Å². The molecule has 3 rings (SSSR count). The number of carbonyl (C=O) groups is 2. The molecule has 2 aromatic rings. The molecular weight excluding hydrogens is 362 g/mol. The summed E-state index contributed by atoms with van der Waals surface area (Å²) in [5, 5.41) is 12.8. The van der Waals surface area contributed by atoms with Gasteiger partial charge in [0.2, 0.25) is 12.3 Å². The first-order valence-electron chi connectivity index (χ1n) is 9.23. The highest BCUT2D eigenvalue weighted by Gasteiger charge is 2.35. The second-order valence-corrected chi connectivity index (χ2v) is 7.80. The number of benzene rings is 1. The van der Waals surface area contributed by atoms with E-state index in [1.165, 1.54) is 4.90 Å². The van der Waals surface area contributed by atoms with Crippen LogP contribution in [0.2, 0.25) is 0 Å². The first kappa shape index (κ1) is 19.5. The highest BCUT2D eigenvalue weighted by molar-refractivity contribution is 7.13. The Balaban J connectivity index is 1.74. The number of hydrogen-bond donors (Lipinski definition) is 2. The van der Waals surface area contributed by atoms with Crippen molar-refractivity contribution in [3.63, 3.8) is 0 Å². The monoisotopic (exact) mass is 387 g/mol. The fraction of sp³-hybridized carbons (Fsp3) is 0.450. The van der Waals surface area contributed by atoms with Gasteiger partial charge < -0.3 is 15.3 Å². The standard InChI is InChI=1S/C20H25N3O3S/c1-3-4-17(22-20(26)18-9-16(25)10-23(18)12-24)14-5-7-15(8-6-14)19-13(2)21-11-27-19/h5-8,11-12,16-18,25H,3-4,9-10H2,1-2H3,(H,22,26). The molecule has 0 aliphatic carbocycles. The van der Waals surface area contributed by atoms with Crippen molar-refractivity contribution in [2.75, 3.05) is 6.54 Å². The number of rotatable bonds is 7. The van der Waals surface area contributed by atoms with Crippen LogP contribution in [0.15, 0.2) is 29.8 Å². The molecule has 0 spiro atoms. The molecule has 1 aromatic carbocycles. The number of aliphatic hydroxyl groups is 1. The van der Waals surface area contributed by atoms with E-state index in [-0.39, 0.29) is 24.9 Å². The van der Waals surface area contributed by atoms with Gasteiger partial charge in [-0.15, -0.1) is 11.3 Å². The van der Waals surface area contributed by atoms with Gasteiger partial charge in [-0.2, -0.15) is 0 Å². The number of aliphatic hydroxyl groups excluding tert-OH is 1. The van der Waals surface area contributed by atoms with Crippen LogP contribution in [-0.2, 0) is 9.59 Å². The number of nitrogens with one attached hydrogen (secondary N) is 1. The third-order valence-electron chi connectivity index (χ3n) is 4.97. The van der Waals surface area contributed by atoms with Crippen LogP contribution >= 0.6 is 11.3 Å². The largest absolute Gasteiger partial charge is 0.391 e. The van der Waals surface area contributed by atoms with E-state index >= 15 is 0 Å². The fourth-order valence-electron chi connectivity index (χ4n) is 3.54. The molecule has 1 aliphatic rings. The maximum atomic E-state index is 12.7. The van der Waals surface area contributed by atoms with Gasteiger partial charge in [0.25, 0.3) is 0 Å². The number of likely N-dealkylation sites (tertiary alicyclic amines) is 1. The van der Waals surface area contributed by atoms with Gasteiger partial charge in [-0.05, 0) is 24.5 Å². The molecule has 0 bridgehead atoms. The molecule has 1 aliphatic heterocycles. The molecule has 2 N–H and O–H groups in total. The molecule has 144 valence electrons. The van der Waals surface area contributed by atoms with E-state index in [0.29, 0.717) is 6.41 Å². The van der Waals surface area contributed by atoms with E-state index in [1.54, 1.807) is 11.3 Å². The van der Waals surface area contributed by atoms with Gasteiger partial charge in [0.05, 0.1) is 28.2 Å². The number of carbonyl (C=O) groups excluding carboxylic acids is 2. The summed E-state index contributed by atoms with van der Waals surface area (Å²) in [6.07, 6.45) is 2.01. The SMILES string of the molecule is CCCC(NC(=O)C1CC(O)CN1C=O)c1ccc(-c2scnc2C)cc1. The van der Waals surface area contributed by atoms with Crippen molar-refractivity contribution in [2.45, 2.75) is 51.3 Å². The first-order chi connectivity index (χ1) is 13.0. The normalized spacial score (nSPS) is 20.5. The van der Waals surface area contributed by atoms with E-state index in [4.69, 9.17) is 0 Å². The highest BCUT2D eigenvalue weighted by atomic mass is 32.1. The van der Waals surface area contributed by atoms with Crippen molar-refractivity contribution < 1.29 is 14.7 Å². The predicted molar refractivity (Wildman–Crippen MR) is 105 cm³/mol. The topological polar surface area (TPSA) is 82.5 Å². The van der Waals surface area contributed by atoms with Crippen LogP contribution in [0.5, 0.6) is 0 Å². The number of amides is 2. The Morgan fingerprint density at radius 1 is 1.44 bits per heavy atom. The molecule has 3 atom stereocenters. The lowest BCUT2D eigenvalue weighted by Gasteiger charge is -2.24. The Labute approximate surface area is 163 Å². The molecule has 3 unspecified atom stereocenters. The number of β-amino-alcohol motifs (C(OH)–C–C–N with tert-alkyl or cyclic N) is 1. The lowest BCUT2D eigenvalue weighted by atomic mass is 9.99. The zero-order valence-corrected chi connectivity index (χ0v) is 16.4. The van der Waals surface area contributed by atoms with Crippen LogP contribution in [0.4, 0.5) is 0 Å². The van der Waals surface area contributed by atoms with E-state index in [1.807, 2.05) is 24.6 Å². The van der Waals surface area contributed by atoms with Crippen LogP contribution < -0.4 is 5.32 Å². The van der Waals surface area contributed by atoms with E-state index in [9.17, 15) is 14.7 Å². The predicted octanol–water partition coefficient (Wildman–Crippen LogP) is 2.67. The Morgan fingerprint density at radius 2 is 2.19 bits per heavy atom. The minimum absolute atomic E-state index is 0.120. The molecule has 2 amide bonds. The van der Waals surface area contributed by atoms with Crippen molar-refractivity contribution in [2.24, 2.45) is 0 Å². The van der Waals surface area contributed by atoms with Gasteiger partial charge >= 0.3 is 0 Å². The van der Waals surface area contributed by atoms with Crippen LogP contribution in [0.1, 0.15) is 43.5 Å².